The van der Waals surface area contributed by atoms with Crippen LogP contribution in [-0.2, 0) is 14.3 Å². The summed E-state index contributed by atoms with van der Waals surface area (Å²) in [6, 6.07) is 7.21. The van der Waals surface area contributed by atoms with Crippen molar-refractivity contribution in [2.45, 2.75) is 19.4 Å². The standard InChI is InChI=1S/C16H24N2O4/c1-5-13(17-15(19)10-21-4)12-8-6-7-9-14(12)22-11-16(20)18(2)3/h6-9,13H,5,10-11H2,1-4H3,(H,17,19)/t13-/m0/s1. The predicted octanol–water partition coefficient (Wildman–Crippen LogP) is 1.37. The maximum absolute atomic E-state index is 11.7. The fourth-order valence-electron chi connectivity index (χ4n) is 1.94. The van der Waals surface area contributed by atoms with E-state index in [0.29, 0.717) is 12.2 Å². The van der Waals surface area contributed by atoms with E-state index in [0.717, 1.165) is 5.56 Å². The number of methoxy groups -OCH3 is 1. The first-order chi connectivity index (χ1) is 10.5. The van der Waals surface area contributed by atoms with Crippen LogP contribution in [0.25, 0.3) is 0 Å². The molecule has 0 saturated carbocycles. The van der Waals surface area contributed by atoms with Crippen molar-refractivity contribution in [3.63, 3.8) is 0 Å². The van der Waals surface area contributed by atoms with Crippen LogP contribution in [0.1, 0.15) is 24.9 Å². The van der Waals surface area contributed by atoms with Crippen LogP contribution >= 0.6 is 0 Å². The topological polar surface area (TPSA) is 67.9 Å². The fourth-order valence-corrected chi connectivity index (χ4v) is 1.94. The molecule has 1 rings (SSSR count). The molecule has 0 bridgehead atoms. The average molecular weight is 308 g/mol. The number of carbonyl (C=O) groups is 2. The lowest BCUT2D eigenvalue weighted by molar-refractivity contribution is -0.131. The molecule has 1 aromatic rings. The van der Waals surface area contributed by atoms with E-state index in [1.807, 2.05) is 25.1 Å². The fraction of sp³-hybridized carbons (Fsp3) is 0.500. The Bertz CT molecular complexity index is 503. The third-order valence-electron chi connectivity index (χ3n) is 3.16. The van der Waals surface area contributed by atoms with E-state index in [9.17, 15) is 9.59 Å². The zero-order valence-corrected chi connectivity index (χ0v) is 13.6. The van der Waals surface area contributed by atoms with Crippen molar-refractivity contribution in [2.75, 3.05) is 34.4 Å². The number of benzene rings is 1. The van der Waals surface area contributed by atoms with Crippen LogP contribution in [0.2, 0.25) is 0 Å². The first-order valence-electron chi connectivity index (χ1n) is 7.19. The molecule has 0 aliphatic rings. The number of likely N-dealkylation sites (N-methyl/N-ethyl adjacent to an activating group) is 1. The zero-order chi connectivity index (χ0) is 16.5. The number of rotatable bonds is 8. The van der Waals surface area contributed by atoms with E-state index in [1.165, 1.54) is 12.0 Å². The minimum absolute atomic E-state index is 0.0125. The molecule has 122 valence electrons. The smallest absolute Gasteiger partial charge is 0.259 e. The summed E-state index contributed by atoms with van der Waals surface area (Å²) >= 11 is 0. The summed E-state index contributed by atoms with van der Waals surface area (Å²) in [4.78, 5) is 24.8. The summed E-state index contributed by atoms with van der Waals surface area (Å²) in [6.07, 6.45) is 0.706. The summed E-state index contributed by atoms with van der Waals surface area (Å²) < 4.78 is 10.4. The second kappa shape index (κ2) is 9.04. The van der Waals surface area contributed by atoms with Gasteiger partial charge in [-0.2, -0.15) is 0 Å². The van der Waals surface area contributed by atoms with Crippen molar-refractivity contribution >= 4 is 11.8 Å². The molecule has 0 saturated heterocycles. The summed E-state index contributed by atoms with van der Waals surface area (Å²) in [5, 5.41) is 2.90. The molecular formula is C16H24N2O4. The highest BCUT2D eigenvalue weighted by Crippen LogP contribution is 2.27. The van der Waals surface area contributed by atoms with Gasteiger partial charge in [0.2, 0.25) is 5.91 Å². The number of nitrogens with one attached hydrogen (secondary N) is 1. The van der Waals surface area contributed by atoms with Gasteiger partial charge in [0, 0.05) is 26.8 Å². The van der Waals surface area contributed by atoms with Gasteiger partial charge in [0.15, 0.2) is 6.61 Å². The van der Waals surface area contributed by atoms with Gasteiger partial charge in [0.05, 0.1) is 6.04 Å². The number of para-hydroxylation sites is 1. The Morgan fingerprint density at radius 2 is 1.91 bits per heavy atom. The maximum atomic E-state index is 11.7. The third-order valence-corrected chi connectivity index (χ3v) is 3.16. The van der Waals surface area contributed by atoms with Gasteiger partial charge in [0.25, 0.3) is 5.91 Å². The Balaban J connectivity index is 2.83. The van der Waals surface area contributed by atoms with Gasteiger partial charge in [-0.05, 0) is 12.5 Å². The molecule has 0 fully saturated rings. The van der Waals surface area contributed by atoms with Crippen LogP contribution in [0.3, 0.4) is 0 Å². The van der Waals surface area contributed by atoms with E-state index >= 15 is 0 Å². The second-order valence-electron chi connectivity index (χ2n) is 5.08. The van der Waals surface area contributed by atoms with Crippen LogP contribution in [0.5, 0.6) is 5.75 Å². The summed E-state index contributed by atoms with van der Waals surface area (Å²) in [6.45, 7) is 1.95. The average Bonchev–Trinajstić information content (AvgIpc) is 2.50. The van der Waals surface area contributed by atoms with Crippen LogP contribution < -0.4 is 10.1 Å². The highest BCUT2D eigenvalue weighted by molar-refractivity contribution is 5.78. The second-order valence-corrected chi connectivity index (χ2v) is 5.08. The molecule has 22 heavy (non-hydrogen) atoms. The van der Waals surface area contributed by atoms with E-state index in [-0.39, 0.29) is 31.1 Å². The van der Waals surface area contributed by atoms with Crippen molar-refractivity contribution in [3.8, 4) is 5.75 Å². The Hall–Kier alpha value is -2.08. The molecule has 1 aromatic carbocycles. The van der Waals surface area contributed by atoms with Crippen molar-refractivity contribution in [2.24, 2.45) is 0 Å². The van der Waals surface area contributed by atoms with Crippen molar-refractivity contribution in [1.82, 2.24) is 10.2 Å². The molecular weight excluding hydrogens is 284 g/mol. The van der Waals surface area contributed by atoms with Gasteiger partial charge in [-0.1, -0.05) is 25.1 Å². The first-order valence-corrected chi connectivity index (χ1v) is 7.19. The molecule has 1 N–H and O–H groups in total. The third kappa shape index (κ3) is 5.37. The Morgan fingerprint density at radius 1 is 1.23 bits per heavy atom. The van der Waals surface area contributed by atoms with Crippen LogP contribution in [0, 0.1) is 0 Å². The molecule has 0 heterocycles. The Labute approximate surface area is 131 Å². The summed E-state index contributed by atoms with van der Waals surface area (Å²) in [5.41, 5.74) is 0.848. The molecule has 0 spiro atoms. The lowest BCUT2D eigenvalue weighted by Crippen LogP contribution is -2.32. The Morgan fingerprint density at radius 3 is 2.50 bits per heavy atom. The van der Waals surface area contributed by atoms with Gasteiger partial charge in [0.1, 0.15) is 12.4 Å². The van der Waals surface area contributed by atoms with Gasteiger partial charge >= 0.3 is 0 Å². The molecule has 0 radical (unpaired) electrons. The summed E-state index contributed by atoms with van der Waals surface area (Å²) in [7, 11) is 4.83. The lowest BCUT2D eigenvalue weighted by Gasteiger charge is -2.21. The largest absolute Gasteiger partial charge is 0.483 e. The van der Waals surface area contributed by atoms with Crippen LogP contribution in [0.4, 0.5) is 0 Å². The van der Waals surface area contributed by atoms with Gasteiger partial charge < -0.3 is 19.7 Å². The minimum Gasteiger partial charge on any atom is -0.483 e. The number of amides is 2. The van der Waals surface area contributed by atoms with E-state index < -0.39 is 0 Å². The monoisotopic (exact) mass is 308 g/mol. The van der Waals surface area contributed by atoms with E-state index in [1.54, 1.807) is 20.2 Å². The molecule has 6 heteroatoms. The van der Waals surface area contributed by atoms with Gasteiger partial charge in [-0.25, -0.2) is 0 Å². The molecule has 0 unspecified atom stereocenters. The van der Waals surface area contributed by atoms with Crippen molar-refractivity contribution in [1.29, 1.82) is 0 Å². The SMILES string of the molecule is CC[C@H](NC(=O)COC)c1ccccc1OCC(=O)N(C)C. The van der Waals surface area contributed by atoms with Crippen molar-refractivity contribution < 1.29 is 19.1 Å². The quantitative estimate of drug-likeness (QED) is 0.787. The minimum atomic E-state index is -0.187. The van der Waals surface area contributed by atoms with Crippen molar-refractivity contribution in [3.05, 3.63) is 29.8 Å². The molecule has 2 amide bonds. The highest BCUT2D eigenvalue weighted by Gasteiger charge is 2.17. The number of ether oxygens (including phenoxy) is 2. The number of hydrogen-bond donors (Lipinski definition) is 1. The van der Waals surface area contributed by atoms with E-state index in [4.69, 9.17) is 9.47 Å². The molecule has 0 aliphatic heterocycles. The maximum Gasteiger partial charge on any atom is 0.259 e. The number of carbonyl (C=O) groups excluding carboxylic acids is 2. The van der Waals surface area contributed by atoms with Gasteiger partial charge in [-0.15, -0.1) is 0 Å². The van der Waals surface area contributed by atoms with Crippen LogP contribution in [-0.4, -0.2) is 51.1 Å². The molecule has 0 aromatic heterocycles. The molecule has 6 nitrogen and oxygen atoms in total. The molecule has 0 aliphatic carbocycles. The summed E-state index contributed by atoms with van der Waals surface area (Å²) in [5.74, 6) is 0.294. The van der Waals surface area contributed by atoms with E-state index in [2.05, 4.69) is 5.32 Å². The zero-order valence-electron chi connectivity index (χ0n) is 13.6. The predicted molar refractivity (Wildman–Crippen MR) is 83.7 cm³/mol. The molecule has 1 atom stereocenters. The van der Waals surface area contributed by atoms with Gasteiger partial charge in [-0.3, -0.25) is 9.59 Å². The van der Waals surface area contributed by atoms with Crippen LogP contribution in [0.15, 0.2) is 24.3 Å². The lowest BCUT2D eigenvalue weighted by atomic mass is 10.0. The Kier molecular flexibility index (Phi) is 7.39. The first kappa shape index (κ1) is 18.0. The number of hydrogen-bond acceptors (Lipinski definition) is 4. The normalized spacial score (nSPS) is 11.6. The number of nitrogens with zero attached hydrogens (tertiary/aromatic N) is 1. The highest BCUT2D eigenvalue weighted by atomic mass is 16.5.